The molecule has 0 aromatic heterocycles. The number of benzene rings is 3. The first-order valence-corrected chi connectivity index (χ1v) is 11.8. The van der Waals surface area contributed by atoms with Crippen LogP contribution in [0.25, 0.3) is 0 Å². The summed E-state index contributed by atoms with van der Waals surface area (Å²) >= 11 is 0. The van der Waals surface area contributed by atoms with Gasteiger partial charge in [0.1, 0.15) is 0 Å². The zero-order valence-corrected chi connectivity index (χ0v) is 19.7. The van der Waals surface area contributed by atoms with Gasteiger partial charge in [-0.3, -0.25) is 9.69 Å². The summed E-state index contributed by atoms with van der Waals surface area (Å²) in [6, 6.07) is 23.3. The molecule has 2 heterocycles. The minimum atomic E-state index is -0.0634. The zero-order valence-electron chi connectivity index (χ0n) is 19.7. The van der Waals surface area contributed by atoms with E-state index in [2.05, 4.69) is 92.4 Å². The maximum atomic E-state index is 13.6. The van der Waals surface area contributed by atoms with Crippen molar-refractivity contribution in [3.8, 4) is 0 Å². The number of hydrogen-bond acceptors (Lipinski definition) is 3. The highest BCUT2D eigenvalue weighted by Crippen LogP contribution is 2.35. The predicted octanol–water partition coefficient (Wildman–Crippen LogP) is 5.35. The van der Waals surface area contributed by atoms with Gasteiger partial charge in [-0.1, -0.05) is 72.3 Å². The van der Waals surface area contributed by atoms with E-state index in [1.54, 1.807) is 5.01 Å². The fourth-order valence-corrected chi connectivity index (χ4v) is 5.20. The summed E-state index contributed by atoms with van der Waals surface area (Å²) in [6.07, 6.45) is 1.73. The Balaban J connectivity index is 1.43. The summed E-state index contributed by atoms with van der Waals surface area (Å²) in [4.78, 5) is 15.9. The van der Waals surface area contributed by atoms with Gasteiger partial charge >= 0.3 is 0 Å². The van der Waals surface area contributed by atoms with E-state index in [9.17, 15) is 4.79 Å². The van der Waals surface area contributed by atoms with E-state index in [4.69, 9.17) is 5.10 Å². The summed E-state index contributed by atoms with van der Waals surface area (Å²) in [7, 11) is 0. The Hall–Kier alpha value is -3.24. The van der Waals surface area contributed by atoms with Gasteiger partial charge < -0.3 is 0 Å². The molecule has 0 radical (unpaired) electrons. The highest BCUT2D eigenvalue weighted by atomic mass is 16.2. The van der Waals surface area contributed by atoms with Crippen molar-refractivity contribution in [2.75, 3.05) is 13.1 Å². The first-order chi connectivity index (χ1) is 16.0. The van der Waals surface area contributed by atoms with E-state index >= 15 is 0 Å². The zero-order chi connectivity index (χ0) is 22.9. The topological polar surface area (TPSA) is 35.9 Å². The molecule has 4 nitrogen and oxygen atoms in total. The number of rotatable bonds is 4. The second-order valence-corrected chi connectivity index (χ2v) is 9.41. The molecule has 0 N–H and O–H groups in total. The Morgan fingerprint density at radius 2 is 1.70 bits per heavy atom. The number of hydrogen-bond donors (Lipinski definition) is 0. The lowest BCUT2D eigenvalue weighted by Gasteiger charge is -2.30. The predicted molar refractivity (Wildman–Crippen MR) is 133 cm³/mol. The Morgan fingerprint density at radius 3 is 2.48 bits per heavy atom. The second-order valence-electron chi connectivity index (χ2n) is 9.41. The molecule has 3 aromatic rings. The lowest BCUT2D eigenvalue weighted by molar-refractivity contribution is -0.134. The number of fused-ring (bicyclic) bond motifs is 1. The van der Waals surface area contributed by atoms with E-state index in [0.717, 1.165) is 37.2 Å². The Morgan fingerprint density at radius 1 is 0.939 bits per heavy atom. The minimum absolute atomic E-state index is 0.0634. The molecule has 3 aromatic carbocycles. The molecule has 0 bridgehead atoms. The summed E-state index contributed by atoms with van der Waals surface area (Å²) < 4.78 is 0. The molecule has 168 valence electrons. The van der Waals surface area contributed by atoms with Crippen LogP contribution in [0.1, 0.15) is 51.4 Å². The van der Waals surface area contributed by atoms with Gasteiger partial charge in [-0.2, -0.15) is 5.10 Å². The first-order valence-electron chi connectivity index (χ1n) is 11.8. The molecule has 4 heteroatoms. The standard InChI is InChI=1S/C29H31N3O/c1-20-12-13-25(22(3)16-20)27-17-28(26-11-7-4-8-21(26)2)32(30-27)29(33)19-31-15-14-23-9-5-6-10-24(23)18-31/h4-13,16,28H,14-15,17-19H2,1-3H3/t28-/m0/s1. The number of aryl methyl sites for hydroxylation is 3. The molecule has 0 aliphatic carbocycles. The van der Waals surface area contributed by atoms with Crippen molar-refractivity contribution in [2.45, 2.75) is 46.2 Å². The van der Waals surface area contributed by atoms with Gasteiger partial charge in [0.05, 0.1) is 18.3 Å². The molecule has 1 amide bonds. The van der Waals surface area contributed by atoms with Crippen LogP contribution < -0.4 is 0 Å². The molecule has 0 unspecified atom stereocenters. The normalized spacial score (nSPS) is 18.2. The van der Waals surface area contributed by atoms with Crippen LogP contribution in [-0.4, -0.2) is 34.6 Å². The molecule has 0 saturated heterocycles. The molecule has 0 spiro atoms. The molecule has 2 aliphatic rings. The average Bonchev–Trinajstić information content (AvgIpc) is 3.24. The van der Waals surface area contributed by atoms with Crippen LogP contribution in [0.5, 0.6) is 0 Å². The monoisotopic (exact) mass is 437 g/mol. The fraction of sp³-hybridized carbons (Fsp3) is 0.310. The Kier molecular flexibility index (Phi) is 5.86. The van der Waals surface area contributed by atoms with Gasteiger partial charge in [-0.15, -0.1) is 0 Å². The molecule has 0 fully saturated rings. The van der Waals surface area contributed by atoms with Crippen molar-refractivity contribution >= 4 is 11.6 Å². The van der Waals surface area contributed by atoms with Crippen LogP contribution >= 0.6 is 0 Å². The molecule has 1 atom stereocenters. The SMILES string of the molecule is Cc1ccc(C2=NN(C(=O)CN3CCc4ccccc4C3)[C@H](c3ccccc3C)C2)c(C)c1. The van der Waals surface area contributed by atoms with Crippen molar-refractivity contribution in [1.29, 1.82) is 0 Å². The number of hydrazone groups is 1. The summed E-state index contributed by atoms with van der Waals surface area (Å²) in [5.41, 5.74) is 9.69. The lowest BCUT2D eigenvalue weighted by Crippen LogP contribution is -2.40. The van der Waals surface area contributed by atoms with Crippen LogP contribution in [0.2, 0.25) is 0 Å². The smallest absolute Gasteiger partial charge is 0.257 e. The number of nitrogens with zero attached hydrogens (tertiary/aromatic N) is 3. The molecular weight excluding hydrogens is 406 g/mol. The fourth-order valence-electron chi connectivity index (χ4n) is 5.20. The van der Waals surface area contributed by atoms with Crippen LogP contribution in [0.15, 0.2) is 71.8 Å². The summed E-state index contributed by atoms with van der Waals surface area (Å²) in [6.45, 7) is 8.46. The van der Waals surface area contributed by atoms with Gasteiger partial charge in [0.15, 0.2) is 0 Å². The van der Waals surface area contributed by atoms with Crippen molar-refractivity contribution < 1.29 is 4.79 Å². The second kappa shape index (κ2) is 8.95. The van der Waals surface area contributed by atoms with E-state index in [-0.39, 0.29) is 11.9 Å². The molecule has 2 aliphatic heterocycles. The highest BCUT2D eigenvalue weighted by Gasteiger charge is 2.35. The molecule has 5 rings (SSSR count). The number of carbonyl (C=O) groups excluding carboxylic acids is 1. The van der Waals surface area contributed by atoms with E-state index in [1.165, 1.54) is 33.4 Å². The van der Waals surface area contributed by atoms with Gasteiger partial charge in [0.25, 0.3) is 5.91 Å². The van der Waals surface area contributed by atoms with Crippen LogP contribution in [0.4, 0.5) is 0 Å². The maximum Gasteiger partial charge on any atom is 0.257 e. The van der Waals surface area contributed by atoms with Gasteiger partial charge in [0, 0.05) is 25.1 Å². The Bertz CT molecular complexity index is 1230. The molecule has 33 heavy (non-hydrogen) atoms. The van der Waals surface area contributed by atoms with Crippen LogP contribution in [0.3, 0.4) is 0 Å². The van der Waals surface area contributed by atoms with E-state index < -0.39 is 0 Å². The average molecular weight is 438 g/mol. The third kappa shape index (κ3) is 4.36. The number of amides is 1. The van der Waals surface area contributed by atoms with E-state index in [1.807, 2.05) is 0 Å². The van der Waals surface area contributed by atoms with Gasteiger partial charge in [-0.05, 0) is 55.0 Å². The lowest BCUT2D eigenvalue weighted by atomic mass is 9.93. The van der Waals surface area contributed by atoms with Crippen LogP contribution in [0, 0.1) is 20.8 Å². The minimum Gasteiger partial charge on any atom is -0.290 e. The van der Waals surface area contributed by atoms with Crippen molar-refractivity contribution in [3.05, 3.63) is 106 Å². The third-order valence-electron chi connectivity index (χ3n) is 6.97. The third-order valence-corrected chi connectivity index (χ3v) is 6.97. The van der Waals surface area contributed by atoms with Crippen LogP contribution in [-0.2, 0) is 17.8 Å². The summed E-state index contributed by atoms with van der Waals surface area (Å²) in [5, 5.41) is 6.69. The largest absolute Gasteiger partial charge is 0.290 e. The maximum absolute atomic E-state index is 13.6. The quantitative estimate of drug-likeness (QED) is 0.552. The van der Waals surface area contributed by atoms with E-state index in [0.29, 0.717) is 6.54 Å². The van der Waals surface area contributed by atoms with Crippen molar-refractivity contribution in [3.63, 3.8) is 0 Å². The van der Waals surface area contributed by atoms with Crippen molar-refractivity contribution in [2.24, 2.45) is 5.10 Å². The molecule has 0 saturated carbocycles. The Labute approximate surface area is 196 Å². The highest BCUT2D eigenvalue weighted by molar-refractivity contribution is 6.04. The van der Waals surface area contributed by atoms with Gasteiger partial charge in [0.2, 0.25) is 0 Å². The van der Waals surface area contributed by atoms with Gasteiger partial charge in [-0.25, -0.2) is 5.01 Å². The van der Waals surface area contributed by atoms with Crippen molar-refractivity contribution in [1.82, 2.24) is 9.91 Å². The first kappa shape index (κ1) is 21.6. The molecular formula is C29H31N3O. The number of carbonyl (C=O) groups is 1. The summed E-state index contributed by atoms with van der Waals surface area (Å²) in [5.74, 6) is 0.0717.